The molecule has 3 unspecified atom stereocenters. The lowest BCUT2D eigenvalue weighted by atomic mass is 10.1. The zero-order chi connectivity index (χ0) is 14.3. The Kier molecular flexibility index (Phi) is 7.10. The molecule has 0 aliphatic carbocycles. The van der Waals surface area contributed by atoms with Crippen LogP contribution in [0.4, 0.5) is 0 Å². The van der Waals surface area contributed by atoms with E-state index in [0.29, 0.717) is 18.3 Å². The summed E-state index contributed by atoms with van der Waals surface area (Å²) in [4.78, 5) is 0. The van der Waals surface area contributed by atoms with E-state index in [0.717, 1.165) is 23.5 Å². The molecular formula is C15H25NO2S. The van der Waals surface area contributed by atoms with Gasteiger partial charge in [-0.3, -0.25) is 4.21 Å². The van der Waals surface area contributed by atoms with E-state index in [-0.39, 0.29) is 6.04 Å². The van der Waals surface area contributed by atoms with Crippen LogP contribution in [0, 0.1) is 5.92 Å². The van der Waals surface area contributed by atoms with Crippen LogP contribution in [0.25, 0.3) is 0 Å². The van der Waals surface area contributed by atoms with Crippen molar-refractivity contribution in [3.63, 3.8) is 0 Å². The lowest BCUT2D eigenvalue weighted by molar-refractivity contribution is 0.335. The molecule has 3 atom stereocenters. The summed E-state index contributed by atoms with van der Waals surface area (Å²) >= 11 is 0. The highest BCUT2D eigenvalue weighted by Crippen LogP contribution is 2.24. The summed E-state index contributed by atoms with van der Waals surface area (Å²) in [6.07, 6.45) is 1.05. The maximum atomic E-state index is 12.1. The fourth-order valence-electron chi connectivity index (χ4n) is 1.87. The molecule has 108 valence electrons. The quantitative estimate of drug-likeness (QED) is 0.798. The summed E-state index contributed by atoms with van der Waals surface area (Å²) < 4.78 is 17.6. The van der Waals surface area contributed by atoms with Crippen LogP contribution in [0.2, 0.25) is 0 Å². The van der Waals surface area contributed by atoms with Crippen molar-refractivity contribution in [1.29, 1.82) is 0 Å². The Labute approximate surface area is 119 Å². The van der Waals surface area contributed by atoms with Crippen molar-refractivity contribution in [2.45, 2.75) is 33.2 Å². The van der Waals surface area contributed by atoms with Crippen molar-refractivity contribution in [3.05, 3.63) is 29.8 Å². The molecule has 1 aromatic rings. The van der Waals surface area contributed by atoms with Gasteiger partial charge in [0.05, 0.1) is 6.61 Å². The monoisotopic (exact) mass is 283 g/mol. The fourth-order valence-corrected chi connectivity index (χ4v) is 3.45. The molecule has 1 rings (SSSR count). The van der Waals surface area contributed by atoms with Gasteiger partial charge >= 0.3 is 0 Å². The van der Waals surface area contributed by atoms with Gasteiger partial charge in [0.2, 0.25) is 0 Å². The predicted octanol–water partition coefficient (Wildman–Crippen LogP) is 2.88. The fraction of sp³-hybridized carbons (Fsp3) is 0.600. The molecule has 0 aliphatic heterocycles. The molecular weight excluding hydrogens is 258 g/mol. The molecule has 0 aromatic heterocycles. The topological polar surface area (TPSA) is 52.3 Å². The third-order valence-electron chi connectivity index (χ3n) is 3.15. The van der Waals surface area contributed by atoms with Gasteiger partial charge in [-0.25, -0.2) is 0 Å². The van der Waals surface area contributed by atoms with E-state index in [1.165, 1.54) is 0 Å². The second-order valence-corrected chi connectivity index (χ2v) is 6.41. The van der Waals surface area contributed by atoms with Crippen molar-refractivity contribution in [2.75, 3.05) is 18.1 Å². The standard InChI is InChI=1S/C15H25NO2S/c1-4-12(3)10-19(17)11-14(16)13-8-6-7-9-15(13)18-5-2/h6-9,12,14H,4-5,10-11,16H2,1-3H3. The minimum absolute atomic E-state index is 0.229. The lowest BCUT2D eigenvalue weighted by Gasteiger charge is -2.17. The van der Waals surface area contributed by atoms with Crippen molar-refractivity contribution >= 4 is 10.8 Å². The highest BCUT2D eigenvalue weighted by molar-refractivity contribution is 7.85. The van der Waals surface area contributed by atoms with Crippen molar-refractivity contribution in [3.8, 4) is 5.75 Å². The number of nitrogens with two attached hydrogens (primary N) is 1. The van der Waals surface area contributed by atoms with Gasteiger partial charge in [-0.1, -0.05) is 38.5 Å². The molecule has 3 nitrogen and oxygen atoms in total. The first-order valence-corrected chi connectivity index (χ1v) is 8.39. The highest BCUT2D eigenvalue weighted by Gasteiger charge is 2.16. The first-order chi connectivity index (χ1) is 9.08. The number of para-hydroxylation sites is 1. The molecule has 4 heteroatoms. The van der Waals surface area contributed by atoms with Crippen molar-refractivity contribution in [2.24, 2.45) is 11.7 Å². The number of hydrogen-bond donors (Lipinski definition) is 1. The molecule has 0 spiro atoms. The summed E-state index contributed by atoms with van der Waals surface area (Å²) in [5.74, 6) is 2.50. The third-order valence-corrected chi connectivity index (χ3v) is 4.82. The summed E-state index contributed by atoms with van der Waals surface area (Å²) in [6, 6.07) is 7.51. The van der Waals surface area contributed by atoms with Gasteiger partial charge in [0.1, 0.15) is 5.75 Å². The summed E-state index contributed by atoms with van der Waals surface area (Å²) in [5, 5.41) is 0. The molecule has 0 saturated carbocycles. The van der Waals surface area contributed by atoms with E-state index >= 15 is 0 Å². The van der Waals surface area contributed by atoms with Gasteiger partial charge in [-0.2, -0.15) is 0 Å². The smallest absolute Gasteiger partial charge is 0.124 e. The minimum atomic E-state index is -0.873. The normalized spacial score (nSPS) is 15.8. The Morgan fingerprint density at radius 1 is 1.26 bits per heavy atom. The van der Waals surface area contributed by atoms with Gasteiger partial charge in [0.15, 0.2) is 0 Å². The predicted molar refractivity (Wildman–Crippen MR) is 81.9 cm³/mol. The first-order valence-electron chi connectivity index (χ1n) is 6.90. The summed E-state index contributed by atoms with van der Waals surface area (Å²) in [7, 11) is -0.873. The van der Waals surface area contributed by atoms with E-state index in [9.17, 15) is 4.21 Å². The Morgan fingerprint density at radius 2 is 1.95 bits per heavy atom. The Morgan fingerprint density at radius 3 is 2.58 bits per heavy atom. The maximum absolute atomic E-state index is 12.1. The molecule has 0 amide bonds. The van der Waals surface area contributed by atoms with Crippen molar-refractivity contribution < 1.29 is 8.95 Å². The van der Waals surface area contributed by atoms with E-state index in [1.54, 1.807) is 0 Å². The molecule has 0 saturated heterocycles. The van der Waals surface area contributed by atoms with Crippen LogP contribution in [-0.4, -0.2) is 22.3 Å². The summed E-state index contributed by atoms with van der Waals surface area (Å²) in [6.45, 7) is 6.80. The minimum Gasteiger partial charge on any atom is -0.494 e. The van der Waals surface area contributed by atoms with Crippen molar-refractivity contribution in [1.82, 2.24) is 0 Å². The van der Waals surface area contributed by atoms with Gasteiger partial charge in [0.25, 0.3) is 0 Å². The van der Waals surface area contributed by atoms with Gasteiger partial charge < -0.3 is 10.5 Å². The second kappa shape index (κ2) is 8.33. The SMILES string of the molecule is CCOc1ccccc1C(N)CS(=O)CC(C)CC. The van der Waals surface area contributed by atoms with Crippen LogP contribution >= 0.6 is 0 Å². The van der Waals surface area contributed by atoms with E-state index in [1.807, 2.05) is 31.2 Å². The molecule has 1 aromatic carbocycles. The molecule has 0 radical (unpaired) electrons. The van der Waals surface area contributed by atoms with Crippen LogP contribution in [-0.2, 0) is 10.8 Å². The average Bonchev–Trinajstić information content (AvgIpc) is 2.39. The lowest BCUT2D eigenvalue weighted by Crippen LogP contribution is -2.22. The first kappa shape index (κ1) is 16.2. The molecule has 0 heterocycles. The van der Waals surface area contributed by atoms with Crippen LogP contribution in [0.5, 0.6) is 5.75 Å². The second-order valence-electron chi connectivity index (χ2n) is 4.86. The molecule has 0 fully saturated rings. The summed E-state index contributed by atoms with van der Waals surface area (Å²) in [5.41, 5.74) is 7.12. The maximum Gasteiger partial charge on any atom is 0.124 e. The van der Waals surface area contributed by atoms with Crippen LogP contribution in [0.3, 0.4) is 0 Å². The number of rotatable bonds is 8. The van der Waals surface area contributed by atoms with Crippen LogP contribution in [0.1, 0.15) is 38.8 Å². The van der Waals surface area contributed by atoms with E-state index in [2.05, 4.69) is 13.8 Å². The van der Waals surface area contributed by atoms with Crippen LogP contribution < -0.4 is 10.5 Å². The molecule has 0 aliphatic rings. The largest absolute Gasteiger partial charge is 0.494 e. The Hall–Kier alpha value is -0.870. The third kappa shape index (κ3) is 5.33. The highest BCUT2D eigenvalue weighted by atomic mass is 32.2. The van der Waals surface area contributed by atoms with Gasteiger partial charge in [0, 0.05) is 33.9 Å². The van der Waals surface area contributed by atoms with E-state index < -0.39 is 10.8 Å². The molecule has 0 bridgehead atoms. The van der Waals surface area contributed by atoms with Crippen LogP contribution in [0.15, 0.2) is 24.3 Å². The number of hydrogen-bond acceptors (Lipinski definition) is 3. The zero-order valence-corrected chi connectivity index (χ0v) is 12.9. The van der Waals surface area contributed by atoms with E-state index in [4.69, 9.17) is 10.5 Å². The van der Waals surface area contributed by atoms with Gasteiger partial charge in [-0.15, -0.1) is 0 Å². The zero-order valence-electron chi connectivity index (χ0n) is 12.1. The Balaban J connectivity index is 2.67. The number of benzene rings is 1. The number of ether oxygens (including phenoxy) is 1. The average molecular weight is 283 g/mol. The van der Waals surface area contributed by atoms with Gasteiger partial charge in [-0.05, 0) is 18.9 Å². The molecule has 2 N–H and O–H groups in total. The Bertz CT molecular complexity index is 409. The molecule has 19 heavy (non-hydrogen) atoms.